The molecule has 0 bridgehead atoms. The quantitative estimate of drug-likeness (QED) is 0.668. The van der Waals surface area contributed by atoms with E-state index in [9.17, 15) is 12.8 Å². The van der Waals surface area contributed by atoms with Crippen LogP contribution < -0.4 is 5.73 Å². The molecule has 2 N–H and O–H groups in total. The van der Waals surface area contributed by atoms with Crippen LogP contribution in [0.4, 0.5) is 10.1 Å². The first-order chi connectivity index (χ1) is 7.75. The molecule has 0 saturated carbocycles. The molecule has 0 amide bonds. The lowest BCUT2D eigenvalue weighted by Crippen LogP contribution is -2.21. The number of hydrogen-bond donors (Lipinski definition) is 1. The van der Waals surface area contributed by atoms with Crippen molar-refractivity contribution in [2.75, 3.05) is 5.73 Å². The van der Waals surface area contributed by atoms with Gasteiger partial charge >= 0.3 is 0 Å². The summed E-state index contributed by atoms with van der Waals surface area (Å²) in [6.45, 7) is 5.57. The molecule has 0 aromatic heterocycles. The van der Waals surface area contributed by atoms with Crippen LogP contribution in [0, 0.1) is 11.7 Å². The Morgan fingerprint density at radius 3 is 2.35 bits per heavy atom. The van der Waals surface area contributed by atoms with Gasteiger partial charge in [-0.05, 0) is 37.5 Å². The Balaban J connectivity index is 3.13. The second-order valence-electron chi connectivity index (χ2n) is 4.67. The highest BCUT2D eigenvalue weighted by molar-refractivity contribution is 7.92. The predicted molar refractivity (Wildman–Crippen MR) is 66.9 cm³/mol. The van der Waals surface area contributed by atoms with Crippen LogP contribution >= 0.6 is 0 Å². The molecular weight excluding hydrogens is 241 g/mol. The van der Waals surface area contributed by atoms with E-state index in [0.717, 1.165) is 12.1 Å². The average Bonchev–Trinajstić information content (AvgIpc) is 2.15. The summed E-state index contributed by atoms with van der Waals surface area (Å²) >= 11 is 0. The molecule has 1 aromatic rings. The number of nitrogen functional groups attached to an aromatic ring is 1. The van der Waals surface area contributed by atoms with Crippen molar-refractivity contribution in [1.82, 2.24) is 0 Å². The Hall–Kier alpha value is -1.10. The minimum atomic E-state index is -3.47. The van der Waals surface area contributed by atoms with Crippen molar-refractivity contribution in [3.05, 3.63) is 24.0 Å². The molecule has 0 spiro atoms. The summed E-state index contributed by atoms with van der Waals surface area (Å²) in [4.78, 5) is 0.0204. The van der Waals surface area contributed by atoms with Gasteiger partial charge in [0.25, 0.3) is 0 Å². The van der Waals surface area contributed by atoms with Gasteiger partial charge in [-0.15, -0.1) is 0 Å². The number of sulfone groups is 1. The Labute approximate surface area is 102 Å². The fourth-order valence-corrected chi connectivity index (χ4v) is 3.50. The summed E-state index contributed by atoms with van der Waals surface area (Å²) < 4.78 is 37.3. The number of rotatable bonds is 4. The minimum Gasteiger partial charge on any atom is -0.398 e. The number of nitrogens with two attached hydrogens (primary N) is 1. The summed E-state index contributed by atoms with van der Waals surface area (Å²) in [5.41, 5.74) is 5.53. The standard InChI is InChI=1S/C12H18FNO2S/c1-8(2)6-9(3)17(15,16)12-5-4-10(13)7-11(12)14/h4-5,7-9H,6,14H2,1-3H3. The first-order valence-corrected chi connectivity index (χ1v) is 7.08. The zero-order valence-electron chi connectivity index (χ0n) is 10.3. The van der Waals surface area contributed by atoms with Crippen LogP contribution in [0.25, 0.3) is 0 Å². The summed E-state index contributed by atoms with van der Waals surface area (Å²) in [6.07, 6.45) is 0.555. The third-order valence-corrected chi connectivity index (χ3v) is 4.85. The van der Waals surface area contributed by atoms with Crippen molar-refractivity contribution >= 4 is 15.5 Å². The molecule has 3 nitrogen and oxygen atoms in total. The first-order valence-electron chi connectivity index (χ1n) is 5.54. The maximum atomic E-state index is 12.9. The van der Waals surface area contributed by atoms with Crippen molar-refractivity contribution in [3.63, 3.8) is 0 Å². The van der Waals surface area contributed by atoms with Crippen LogP contribution in [0.2, 0.25) is 0 Å². The van der Waals surface area contributed by atoms with E-state index in [-0.39, 0.29) is 16.5 Å². The molecular formula is C12H18FNO2S. The second kappa shape index (κ2) is 5.04. The van der Waals surface area contributed by atoms with Crippen LogP contribution in [0.3, 0.4) is 0 Å². The van der Waals surface area contributed by atoms with Gasteiger partial charge in [0, 0.05) is 0 Å². The lowest BCUT2D eigenvalue weighted by Gasteiger charge is -2.16. The Morgan fingerprint density at radius 2 is 1.88 bits per heavy atom. The molecule has 17 heavy (non-hydrogen) atoms. The number of hydrogen-bond acceptors (Lipinski definition) is 3. The van der Waals surface area contributed by atoms with E-state index in [1.165, 1.54) is 6.07 Å². The third-order valence-electron chi connectivity index (χ3n) is 2.61. The third kappa shape index (κ3) is 3.19. The normalized spacial score (nSPS) is 13.9. The molecule has 96 valence electrons. The molecule has 0 aliphatic carbocycles. The molecule has 0 heterocycles. The van der Waals surface area contributed by atoms with Crippen molar-refractivity contribution in [1.29, 1.82) is 0 Å². The maximum absolute atomic E-state index is 12.9. The zero-order valence-corrected chi connectivity index (χ0v) is 11.1. The SMILES string of the molecule is CC(C)CC(C)S(=O)(=O)c1ccc(F)cc1N. The highest BCUT2D eigenvalue weighted by Crippen LogP contribution is 2.26. The molecule has 0 aliphatic rings. The maximum Gasteiger partial charge on any atom is 0.182 e. The van der Waals surface area contributed by atoms with Gasteiger partial charge in [0.15, 0.2) is 9.84 Å². The fraction of sp³-hybridized carbons (Fsp3) is 0.500. The van der Waals surface area contributed by atoms with Crippen LogP contribution in [0.1, 0.15) is 27.2 Å². The Morgan fingerprint density at radius 1 is 1.29 bits per heavy atom. The van der Waals surface area contributed by atoms with Crippen molar-refractivity contribution in [3.8, 4) is 0 Å². The first kappa shape index (κ1) is 14.0. The van der Waals surface area contributed by atoms with Crippen LogP contribution in [0.15, 0.2) is 23.1 Å². The molecule has 1 unspecified atom stereocenters. The summed E-state index contributed by atoms with van der Waals surface area (Å²) in [6, 6.07) is 3.39. The Bertz CT molecular complexity index is 497. The van der Waals surface area contributed by atoms with E-state index < -0.39 is 20.9 Å². The summed E-state index contributed by atoms with van der Waals surface area (Å²) in [5.74, 6) is -0.251. The van der Waals surface area contributed by atoms with Crippen LogP contribution in [-0.4, -0.2) is 13.7 Å². The molecule has 0 fully saturated rings. The van der Waals surface area contributed by atoms with E-state index >= 15 is 0 Å². The number of anilines is 1. The molecule has 5 heteroatoms. The summed E-state index contributed by atoms with van der Waals surface area (Å²) in [7, 11) is -3.47. The minimum absolute atomic E-state index is 0.0204. The van der Waals surface area contributed by atoms with E-state index in [1.807, 2.05) is 13.8 Å². The van der Waals surface area contributed by atoms with Gasteiger partial charge in [-0.3, -0.25) is 0 Å². The largest absolute Gasteiger partial charge is 0.398 e. The van der Waals surface area contributed by atoms with Gasteiger partial charge in [0.1, 0.15) is 5.82 Å². The van der Waals surface area contributed by atoms with Gasteiger partial charge in [-0.2, -0.15) is 0 Å². The van der Waals surface area contributed by atoms with Gasteiger partial charge < -0.3 is 5.73 Å². The monoisotopic (exact) mass is 259 g/mol. The molecule has 1 aromatic carbocycles. The highest BCUT2D eigenvalue weighted by Gasteiger charge is 2.26. The van der Waals surface area contributed by atoms with Crippen molar-refractivity contribution < 1.29 is 12.8 Å². The van der Waals surface area contributed by atoms with Crippen molar-refractivity contribution in [2.45, 2.75) is 37.3 Å². The summed E-state index contributed by atoms with van der Waals surface area (Å²) in [5, 5.41) is -0.518. The van der Waals surface area contributed by atoms with E-state index in [1.54, 1.807) is 6.92 Å². The van der Waals surface area contributed by atoms with Gasteiger partial charge in [0.2, 0.25) is 0 Å². The lowest BCUT2D eigenvalue weighted by molar-refractivity contribution is 0.537. The van der Waals surface area contributed by atoms with Crippen molar-refractivity contribution in [2.24, 2.45) is 5.92 Å². The van der Waals surface area contributed by atoms with E-state index in [0.29, 0.717) is 6.42 Å². The molecule has 1 atom stereocenters. The molecule has 0 radical (unpaired) electrons. The van der Waals surface area contributed by atoms with E-state index in [2.05, 4.69) is 0 Å². The Kier molecular flexibility index (Phi) is 4.14. The lowest BCUT2D eigenvalue weighted by atomic mass is 10.1. The van der Waals surface area contributed by atoms with Gasteiger partial charge in [-0.1, -0.05) is 13.8 Å². The average molecular weight is 259 g/mol. The molecule has 0 saturated heterocycles. The van der Waals surface area contributed by atoms with E-state index in [4.69, 9.17) is 5.73 Å². The molecule has 1 rings (SSSR count). The van der Waals surface area contributed by atoms with Crippen LogP contribution in [-0.2, 0) is 9.84 Å². The fourth-order valence-electron chi connectivity index (χ4n) is 1.79. The second-order valence-corrected chi connectivity index (χ2v) is 7.00. The highest BCUT2D eigenvalue weighted by atomic mass is 32.2. The smallest absolute Gasteiger partial charge is 0.182 e. The van der Waals surface area contributed by atoms with Gasteiger partial charge in [-0.25, -0.2) is 12.8 Å². The van der Waals surface area contributed by atoms with Crippen LogP contribution in [0.5, 0.6) is 0 Å². The number of halogens is 1. The topological polar surface area (TPSA) is 60.2 Å². The molecule has 0 aliphatic heterocycles. The van der Waals surface area contributed by atoms with Gasteiger partial charge in [0.05, 0.1) is 15.8 Å². The number of benzene rings is 1. The zero-order chi connectivity index (χ0) is 13.2. The predicted octanol–water partition coefficient (Wildman–Crippen LogP) is 2.62.